The van der Waals surface area contributed by atoms with Crippen LogP contribution in [-0.4, -0.2) is 32.3 Å². The van der Waals surface area contributed by atoms with E-state index in [1.807, 2.05) is 18.2 Å². The predicted octanol–water partition coefficient (Wildman–Crippen LogP) is 1.78. The van der Waals surface area contributed by atoms with Crippen molar-refractivity contribution < 1.29 is 14.3 Å². The van der Waals surface area contributed by atoms with Crippen LogP contribution in [0.2, 0.25) is 0 Å². The molecule has 1 fully saturated rings. The third-order valence-corrected chi connectivity index (χ3v) is 3.75. The van der Waals surface area contributed by atoms with Crippen LogP contribution < -0.4 is 10.1 Å². The number of fused-ring (bicyclic) bond motifs is 1. The van der Waals surface area contributed by atoms with Crippen molar-refractivity contribution in [2.45, 2.75) is 19.3 Å². The minimum absolute atomic E-state index is 0.000253. The molecular weight excluding hydrogens is 242 g/mol. The highest BCUT2D eigenvalue weighted by atomic mass is 16.5. The van der Waals surface area contributed by atoms with Gasteiger partial charge in [0, 0.05) is 24.6 Å². The smallest absolute Gasteiger partial charge is 0.251 e. The van der Waals surface area contributed by atoms with E-state index in [0.717, 1.165) is 56.0 Å². The van der Waals surface area contributed by atoms with Crippen LogP contribution >= 0.6 is 0 Å². The van der Waals surface area contributed by atoms with Gasteiger partial charge in [-0.1, -0.05) is 0 Å². The van der Waals surface area contributed by atoms with E-state index in [2.05, 4.69) is 5.32 Å². The molecule has 1 aromatic carbocycles. The first-order valence-corrected chi connectivity index (χ1v) is 6.94. The summed E-state index contributed by atoms with van der Waals surface area (Å²) in [6, 6.07) is 5.70. The minimum Gasteiger partial charge on any atom is -0.493 e. The molecule has 1 aromatic rings. The quantitative estimate of drug-likeness (QED) is 0.902. The number of nitrogens with one attached hydrogen (secondary N) is 1. The van der Waals surface area contributed by atoms with Crippen LogP contribution in [0.3, 0.4) is 0 Å². The maximum atomic E-state index is 12.1. The Bertz CT molecular complexity index is 466. The summed E-state index contributed by atoms with van der Waals surface area (Å²) in [7, 11) is 0. The molecule has 0 aliphatic carbocycles. The van der Waals surface area contributed by atoms with E-state index in [0.29, 0.717) is 12.5 Å². The highest BCUT2D eigenvalue weighted by Crippen LogP contribution is 2.25. The van der Waals surface area contributed by atoms with Crippen LogP contribution in [-0.2, 0) is 11.2 Å². The average Bonchev–Trinajstić information content (AvgIpc) is 2.97. The van der Waals surface area contributed by atoms with Crippen molar-refractivity contribution in [1.82, 2.24) is 5.32 Å². The number of rotatable bonds is 3. The topological polar surface area (TPSA) is 47.6 Å². The van der Waals surface area contributed by atoms with Gasteiger partial charge in [0.1, 0.15) is 5.75 Å². The molecule has 1 amide bonds. The second-order valence-electron chi connectivity index (χ2n) is 5.21. The van der Waals surface area contributed by atoms with E-state index in [1.165, 1.54) is 0 Å². The lowest BCUT2D eigenvalue weighted by molar-refractivity contribution is 0.0945. The zero-order chi connectivity index (χ0) is 13.1. The molecule has 0 unspecified atom stereocenters. The Morgan fingerprint density at radius 3 is 3.16 bits per heavy atom. The van der Waals surface area contributed by atoms with Gasteiger partial charge in [-0.3, -0.25) is 4.79 Å². The molecule has 1 N–H and O–H groups in total. The van der Waals surface area contributed by atoms with Crippen molar-refractivity contribution in [2.75, 3.05) is 26.4 Å². The van der Waals surface area contributed by atoms with Crippen LogP contribution in [0.5, 0.6) is 5.75 Å². The van der Waals surface area contributed by atoms with E-state index in [9.17, 15) is 4.79 Å². The normalized spacial score (nSPS) is 21.6. The fourth-order valence-electron chi connectivity index (χ4n) is 2.59. The first kappa shape index (κ1) is 12.5. The van der Waals surface area contributed by atoms with Gasteiger partial charge in [-0.25, -0.2) is 0 Å². The number of hydrogen-bond donors (Lipinski definition) is 1. The van der Waals surface area contributed by atoms with Crippen LogP contribution in [0.1, 0.15) is 28.8 Å². The largest absolute Gasteiger partial charge is 0.493 e. The van der Waals surface area contributed by atoms with Gasteiger partial charge >= 0.3 is 0 Å². The lowest BCUT2D eigenvalue weighted by atomic mass is 10.0. The Morgan fingerprint density at radius 2 is 2.32 bits per heavy atom. The molecule has 1 atom stereocenters. The number of benzene rings is 1. The zero-order valence-corrected chi connectivity index (χ0v) is 11.0. The van der Waals surface area contributed by atoms with Crippen LogP contribution in [0.25, 0.3) is 0 Å². The molecule has 4 nitrogen and oxygen atoms in total. The fourth-order valence-corrected chi connectivity index (χ4v) is 2.59. The van der Waals surface area contributed by atoms with E-state index in [-0.39, 0.29) is 5.91 Å². The minimum atomic E-state index is 0.000253. The van der Waals surface area contributed by atoms with Gasteiger partial charge < -0.3 is 14.8 Å². The molecule has 0 radical (unpaired) electrons. The van der Waals surface area contributed by atoms with Gasteiger partial charge in [-0.15, -0.1) is 0 Å². The zero-order valence-electron chi connectivity index (χ0n) is 11.0. The molecule has 0 aromatic heterocycles. The Balaban J connectivity index is 1.62. The van der Waals surface area contributed by atoms with E-state index in [4.69, 9.17) is 9.47 Å². The van der Waals surface area contributed by atoms with Crippen molar-refractivity contribution >= 4 is 5.91 Å². The summed E-state index contributed by atoms with van der Waals surface area (Å²) >= 11 is 0. The standard InChI is InChI=1S/C15H19NO3/c17-15(16-9-11-5-7-18-10-11)13-3-4-14-12(8-13)2-1-6-19-14/h3-4,8,11H,1-2,5-7,9-10H2,(H,16,17)/t11-/m1/s1. The molecule has 19 heavy (non-hydrogen) atoms. The number of amides is 1. The number of carbonyl (C=O) groups excluding carboxylic acids is 1. The Labute approximate surface area is 113 Å². The average molecular weight is 261 g/mol. The summed E-state index contributed by atoms with van der Waals surface area (Å²) in [5, 5.41) is 2.99. The SMILES string of the molecule is O=C(NC[C@H]1CCOC1)c1ccc2c(c1)CCCO2. The molecule has 2 heterocycles. The van der Waals surface area contributed by atoms with Crippen LogP contribution in [0.4, 0.5) is 0 Å². The second-order valence-corrected chi connectivity index (χ2v) is 5.21. The predicted molar refractivity (Wildman–Crippen MR) is 71.5 cm³/mol. The van der Waals surface area contributed by atoms with Crippen molar-refractivity contribution in [2.24, 2.45) is 5.92 Å². The molecule has 2 aliphatic heterocycles. The summed E-state index contributed by atoms with van der Waals surface area (Å²) in [6.07, 6.45) is 3.06. The van der Waals surface area contributed by atoms with Crippen molar-refractivity contribution in [1.29, 1.82) is 0 Å². The van der Waals surface area contributed by atoms with E-state index < -0.39 is 0 Å². The van der Waals surface area contributed by atoms with Gasteiger partial charge in [0.15, 0.2) is 0 Å². The Kier molecular flexibility index (Phi) is 3.69. The third-order valence-electron chi connectivity index (χ3n) is 3.75. The lowest BCUT2D eigenvalue weighted by Gasteiger charge is -2.18. The van der Waals surface area contributed by atoms with Gasteiger partial charge in [0.25, 0.3) is 5.91 Å². The maximum absolute atomic E-state index is 12.1. The van der Waals surface area contributed by atoms with Gasteiger partial charge in [-0.05, 0) is 43.0 Å². The Hall–Kier alpha value is -1.55. The number of carbonyl (C=O) groups is 1. The highest BCUT2D eigenvalue weighted by Gasteiger charge is 2.18. The molecule has 1 saturated heterocycles. The summed E-state index contributed by atoms with van der Waals surface area (Å²) in [5.41, 5.74) is 1.87. The Morgan fingerprint density at radius 1 is 1.37 bits per heavy atom. The first-order chi connectivity index (χ1) is 9.33. The first-order valence-electron chi connectivity index (χ1n) is 6.94. The van der Waals surface area contributed by atoms with E-state index >= 15 is 0 Å². The number of hydrogen-bond acceptors (Lipinski definition) is 3. The summed E-state index contributed by atoms with van der Waals surface area (Å²) in [5.74, 6) is 1.39. The van der Waals surface area contributed by atoms with Crippen molar-refractivity contribution in [3.05, 3.63) is 29.3 Å². The molecular formula is C15H19NO3. The molecule has 0 spiro atoms. The number of aryl methyl sites for hydroxylation is 1. The van der Waals surface area contributed by atoms with Crippen LogP contribution in [0.15, 0.2) is 18.2 Å². The monoisotopic (exact) mass is 261 g/mol. The molecule has 2 aliphatic rings. The van der Waals surface area contributed by atoms with Gasteiger partial charge in [0.05, 0.1) is 13.2 Å². The third kappa shape index (κ3) is 2.89. The van der Waals surface area contributed by atoms with Crippen LogP contribution in [0, 0.1) is 5.92 Å². The highest BCUT2D eigenvalue weighted by molar-refractivity contribution is 5.94. The molecule has 0 bridgehead atoms. The summed E-state index contributed by atoms with van der Waals surface area (Å²) in [4.78, 5) is 12.1. The number of ether oxygens (including phenoxy) is 2. The molecule has 4 heteroatoms. The maximum Gasteiger partial charge on any atom is 0.251 e. The second kappa shape index (κ2) is 5.61. The molecule has 3 rings (SSSR count). The summed E-state index contributed by atoms with van der Waals surface area (Å²) in [6.45, 7) is 3.06. The van der Waals surface area contributed by atoms with Crippen molar-refractivity contribution in [3.63, 3.8) is 0 Å². The summed E-state index contributed by atoms with van der Waals surface area (Å²) < 4.78 is 10.9. The van der Waals surface area contributed by atoms with Crippen molar-refractivity contribution in [3.8, 4) is 5.75 Å². The molecule has 102 valence electrons. The lowest BCUT2D eigenvalue weighted by Crippen LogP contribution is -2.29. The van der Waals surface area contributed by atoms with Gasteiger partial charge in [-0.2, -0.15) is 0 Å². The van der Waals surface area contributed by atoms with E-state index in [1.54, 1.807) is 0 Å². The fraction of sp³-hybridized carbons (Fsp3) is 0.533. The van der Waals surface area contributed by atoms with Gasteiger partial charge in [0.2, 0.25) is 0 Å². The molecule has 0 saturated carbocycles.